The van der Waals surface area contributed by atoms with Crippen molar-refractivity contribution < 1.29 is 19.1 Å². The van der Waals surface area contributed by atoms with Crippen LogP contribution in [-0.4, -0.2) is 25.9 Å². The number of hydrogen-bond acceptors (Lipinski definition) is 4. The molecule has 2 aromatic rings. The van der Waals surface area contributed by atoms with E-state index in [1.807, 2.05) is 43.3 Å². The highest BCUT2D eigenvalue weighted by atomic mass is 16.5. The lowest BCUT2D eigenvalue weighted by Crippen LogP contribution is -2.40. The van der Waals surface area contributed by atoms with Crippen LogP contribution >= 0.6 is 0 Å². The summed E-state index contributed by atoms with van der Waals surface area (Å²) in [5.74, 6) is 1.14. The Morgan fingerprint density at radius 2 is 1.72 bits per heavy atom. The Morgan fingerprint density at radius 1 is 0.966 bits per heavy atom. The van der Waals surface area contributed by atoms with Crippen LogP contribution in [0.1, 0.15) is 42.7 Å². The predicted octanol–water partition coefficient (Wildman–Crippen LogP) is 4.54. The number of benzene rings is 2. The maximum atomic E-state index is 13.3. The normalized spacial score (nSPS) is 19.3. The number of carbonyl (C=O) groups is 2. The van der Waals surface area contributed by atoms with Gasteiger partial charge in [-0.05, 0) is 38.0 Å². The first kappa shape index (κ1) is 19.2. The van der Waals surface area contributed by atoms with Crippen LogP contribution in [-0.2, 0) is 9.59 Å². The predicted molar refractivity (Wildman–Crippen MR) is 111 cm³/mol. The van der Waals surface area contributed by atoms with Crippen LogP contribution in [0.2, 0.25) is 0 Å². The van der Waals surface area contributed by atoms with E-state index in [-0.39, 0.29) is 24.0 Å². The van der Waals surface area contributed by atoms with Gasteiger partial charge in [-0.25, -0.2) is 0 Å². The molecule has 0 bridgehead atoms. The van der Waals surface area contributed by atoms with Gasteiger partial charge in [0, 0.05) is 47.3 Å². The number of anilines is 1. The summed E-state index contributed by atoms with van der Waals surface area (Å²) >= 11 is 0. The average Bonchev–Trinajstić information content (AvgIpc) is 2.73. The maximum absolute atomic E-state index is 13.3. The second-order valence-electron chi connectivity index (χ2n) is 7.57. The Kier molecular flexibility index (Phi) is 5.14. The Bertz CT molecular complexity index is 990. The molecule has 1 aliphatic heterocycles. The van der Waals surface area contributed by atoms with Gasteiger partial charge in [0.2, 0.25) is 5.91 Å². The zero-order chi connectivity index (χ0) is 20.5. The molecule has 1 heterocycles. The lowest BCUT2D eigenvalue weighted by Gasteiger charge is -2.38. The minimum Gasteiger partial charge on any atom is -0.497 e. The number of ether oxygens (including phenoxy) is 2. The fraction of sp³-hybridized carbons (Fsp3) is 0.333. The molecule has 0 saturated carbocycles. The van der Waals surface area contributed by atoms with Crippen molar-refractivity contribution in [2.24, 2.45) is 0 Å². The monoisotopic (exact) mass is 391 g/mol. The molecule has 0 N–H and O–H groups in total. The van der Waals surface area contributed by atoms with Crippen molar-refractivity contribution in [3.63, 3.8) is 0 Å². The molecule has 0 spiro atoms. The minimum atomic E-state index is -0.298. The molecule has 1 aliphatic carbocycles. The van der Waals surface area contributed by atoms with Gasteiger partial charge in [-0.15, -0.1) is 0 Å². The summed E-state index contributed by atoms with van der Waals surface area (Å²) in [6.07, 6.45) is 2.24. The zero-order valence-corrected chi connectivity index (χ0v) is 17.0. The van der Waals surface area contributed by atoms with Crippen molar-refractivity contribution in [1.29, 1.82) is 0 Å². The highest BCUT2D eigenvalue weighted by Crippen LogP contribution is 2.46. The maximum Gasteiger partial charge on any atom is 0.232 e. The van der Waals surface area contributed by atoms with Gasteiger partial charge in [-0.1, -0.05) is 23.8 Å². The molecule has 1 atom stereocenters. The summed E-state index contributed by atoms with van der Waals surface area (Å²) in [7, 11) is 3.20. The second kappa shape index (κ2) is 7.74. The van der Waals surface area contributed by atoms with Gasteiger partial charge in [0.1, 0.15) is 11.5 Å². The smallest absolute Gasteiger partial charge is 0.232 e. The SMILES string of the molecule is COc1ccc([C@H]2CC(=O)N(c3ccc(C)cc3)C3=C2C(=O)CCC3)c(OC)c1. The third kappa shape index (κ3) is 3.41. The average molecular weight is 391 g/mol. The molecule has 2 aromatic carbocycles. The molecule has 4 rings (SSSR count). The Morgan fingerprint density at radius 3 is 2.41 bits per heavy atom. The molecule has 0 radical (unpaired) electrons. The first-order chi connectivity index (χ1) is 14.0. The second-order valence-corrected chi connectivity index (χ2v) is 7.57. The van der Waals surface area contributed by atoms with E-state index in [1.54, 1.807) is 25.2 Å². The minimum absolute atomic E-state index is 0.00479. The number of Topliss-reactive ketones (excluding diaryl/α,β-unsaturated/α-hetero) is 1. The molecule has 0 fully saturated rings. The van der Waals surface area contributed by atoms with Crippen molar-refractivity contribution >= 4 is 17.4 Å². The number of hydrogen-bond donors (Lipinski definition) is 0. The highest BCUT2D eigenvalue weighted by molar-refractivity contribution is 6.07. The summed E-state index contributed by atoms with van der Waals surface area (Å²) in [5.41, 5.74) is 4.40. The summed E-state index contributed by atoms with van der Waals surface area (Å²) < 4.78 is 10.9. The summed E-state index contributed by atoms with van der Waals surface area (Å²) in [6, 6.07) is 13.4. The van der Waals surface area contributed by atoms with E-state index < -0.39 is 0 Å². The van der Waals surface area contributed by atoms with Crippen LogP contribution < -0.4 is 14.4 Å². The Hall–Kier alpha value is -3.08. The Balaban J connectivity index is 1.85. The number of rotatable bonds is 4. The van der Waals surface area contributed by atoms with Crippen LogP contribution in [0.25, 0.3) is 0 Å². The fourth-order valence-corrected chi connectivity index (χ4v) is 4.36. The molecule has 29 heavy (non-hydrogen) atoms. The zero-order valence-electron chi connectivity index (χ0n) is 17.0. The lowest BCUT2D eigenvalue weighted by molar-refractivity contribution is -0.119. The van der Waals surface area contributed by atoms with Gasteiger partial charge in [0.05, 0.1) is 14.2 Å². The number of amides is 1. The van der Waals surface area contributed by atoms with Crippen LogP contribution in [0.5, 0.6) is 11.5 Å². The molecule has 5 nitrogen and oxygen atoms in total. The van der Waals surface area contributed by atoms with E-state index in [4.69, 9.17) is 9.47 Å². The molecular formula is C24H25NO4. The number of aryl methyl sites for hydroxylation is 1. The topological polar surface area (TPSA) is 55.8 Å². The number of allylic oxidation sites excluding steroid dienone is 2. The quantitative estimate of drug-likeness (QED) is 0.768. The van der Waals surface area contributed by atoms with Gasteiger partial charge < -0.3 is 9.47 Å². The van der Waals surface area contributed by atoms with E-state index in [9.17, 15) is 9.59 Å². The van der Waals surface area contributed by atoms with Crippen LogP contribution in [0.3, 0.4) is 0 Å². The summed E-state index contributed by atoms with van der Waals surface area (Å²) in [6.45, 7) is 2.02. The third-order valence-corrected chi connectivity index (χ3v) is 5.78. The van der Waals surface area contributed by atoms with Gasteiger partial charge in [-0.2, -0.15) is 0 Å². The van der Waals surface area contributed by atoms with E-state index in [1.165, 1.54) is 0 Å². The van der Waals surface area contributed by atoms with Gasteiger partial charge >= 0.3 is 0 Å². The van der Waals surface area contributed by atoms with Crippen LogP contribution in [0.4, 0.5) is 5.69 Å². The largest absolute Gasteiger partial charge is 0.497 e. The molecule has 0 unspecified atom stereocenters. The molecule has 2 aliphatic rings. The molecule has 1 amide bonds. The van der Waals surface area contributed by atoms with Gasteiger partial charge in [0.25, 0.3) is 0 Å². The van der Waals surface area contributed by atoms with Crippen molar-refractivity contribution in [2.45, 2.75) is 38.5 Å². The summed E-state index contributed by atoms with van der Waals surface area (Å²) in [4.78, 5) is 28.0. The molecule has 0 saturated heterocycles. The third-order valence-electron chi connectivity index (χ3n) is 5.78. The van der Waals surface area contributed by atoms with Crippen molar-refractivity contribution in [2.75, 3.05) is 19.1 Å². The van der Waals surface area contributed by atoms with E-state index in [2.05, 4.69) is 0 Å². The van der Waals surface area contributed by atoms with E-state index in [0.717, 1.165) is 40.9 Å². The van der Waals surface area contributed by atoms with Gasteiger partial charge in [0.15, 0.2) is 5.78 Å². The molecule has 5 heteroatoms. The van der Waals surface area contributed by atoms with Crippen LogP contribution in [0.15, 0.2) is 53.7 Å². The van der Waals surface area contributed by atoms with Crippen LogP contribution in [0, 0.1) is 6.92 Å². The number of ketones is 1. The highest BCUT2D eigenvalue weighted by Gasteiger charge is 2.40. The number of methoxy groups -OCH3 is 2. The number of carbonyl (C=O) groups excluding carboxylic acids is 2. The van der Waals surface area contributed by atoms with E-state index >= 15 is 0 Å². The van der Waals surface area contributed by atoms with Gasteiger partial charge in [-0.3, -0.25) is 14.5 Å². The molecule has 0 aromatic heterocycles. The first-order valence-electron chi connectivity index (χ1n) is 9.91. The summed E-state index contributed by atoms with van der Waals surface area (Å²) in [5, 5.41) is 0. The fourth-order valence-electron chi connectivity index (χ4n) is 4.36. The van der Waals surface area contributed by atoms with Crippen molar-refractivity contribution in [1.82, 2.24) is 0 Å². The van der Waals surface area contributed by atoms with Crippen molar-refractivity contribution in [3.8, 4) is 11.5 Å². The van der Waals surface area contributed by atoms with E-state index in [0.29, 0.717) is 17.9 Å². The lowest BCUT2D eigenvalue weighted by atomic mass is 9.76. The Labute approximate surface area is 170 Å². The number of nitrogens with zero attached hydrogens (tertiary/aromatic N) is 1. The molecule has 150 valence electrons. The van der Waals surface area contributed by atoms with Crippen molar-refractivity contribution in [3.05, 3.63) is 64.9 Å². The molecular weight excluding hydrogens is 366 g/mol. The first-order valence-corrected chi connectivity index (χ1v) is 9.91. The standard InChI is InChI=1S/C24H25NO4/c1-15-7-9-16(10-8-15)25-20-5-4-6-21(26)24(20)19(14-23(25)27)18-12-11-17(28-2)13-22(18)29-3/h7-13,19H,4-6,14H2,1-3H3/t19-/m1/s1.